The van der Waals surface area contributed by atoms with E-state index in [4.69, 9.17) is 0 Å². The van der Waals surface area contributed by atoms with Crippen LogP contribution in [-0.2, 0) is 6.54 Å². The molecule has 1 aromatic rings. The number of aliphatic hydroxyl groups excluding tert-OH is 2. The molecule has 1 atom stereocenters. The van der Waals surface area contributed by atoms with Gasteiger partial charge in [0.1, 0.15) is 11.4 Å². The van der Waals surface area contributed by atoms with Gasteiger partial charge in [0.05, 0.1) is 23.7 Å². The number of aliphatic hydroxyl groups is 2. The minimum Gasteiger partial charge on any atom is -0.393 e. The van der Waals surface area contributed by atoms with E-state index in [0.29, 0.717) is 23.9 Å². The molecule has 8 nitrogen and oxygen atoms in total. The molecule has 1 aliphatic carbocycles. The van der Waals surface area contributed by atoms with Crippen LogP contribution in [0.15, 0.2) is 0 Å². The number of aryl methyl sites for hydroxylation is 1. The van der Waals surface area contributed by atoms with Crippen molar-refractivity contribution in [3.8, 4) is 0 Å². The van der Waals surface area contributed by atoms with E-state index < -0.39 is 11.0 Å². The van der Waals surface area contributed by atoms with E-state index in [1.54, 1.807) is 13.8 Å². The lowest BCUT2D eigenvalue weighted by atomic mass is 9.82. The first kappa shape index (κ1) is 15.9. The van der Waals surface area contributed by atoms with Gasteiger partial charge in [0.25, 0.3) is 0 Å². The largest absolute Gasteiger partial charge is 0.393 e. The maximum absolute atomic E-state index is 10.9. The van der Waals surface area contributed by atoms with Gasteiger partial charge in [0.15, 0.2) is 0 Å². The van der Waals surface area contributed by atoms with E-state index in [1.165, 1.54) is 4.68 Å². The van der Waals surface area contributed by atoms with Crippen molar-refractivity contribution in [3.63, 3.8) is 0 Å². The second-order valence-electron chi connectivity index (χ2n) is 5.76. The molecule has 118 valence electrons. The van der Waals surface area contributed by atoms with Crippen LogP contribution in [0.3, 0.4) is 0 Å². The molecule has 1 heterocycles. The van der Waals surface area contributed by atoms with Crippen molar-refractivity contribution < 1.29 is 15.1 Å². The normalized spacial score (nSPS) is 22.9. The molecule has 0 radical (unpaired) electrons. The molecule has 1 aromatic heterocycles. The lowest BCUT2D eigenvalue weighted by Crippen LogP contribution is -2.39. The van der Waals surface area contributed by atoms with Crippen LogP contribution in [0, 0.1) is 29.9 Å². The molecule has 8 heteroatoms. The Morgan fingerprint density at radius 3 is 2.71 bits per heavy atom. The predicted molar refractivity (Wildman–Crippen MR) is 76.0 cm³/mol. The fraction of sp³-hybridized carbons (Fsp3) is 0.769. The van der Waals surface area contributed by atoms with Gasteiger partial charge in [-0.2, -0.15) is 5.10 Å². The smallest absolute Gasteiger partial charge is 0.312 e. The number of nitrogens with one attached hydrogen (secondary N) is 1. The first-order valence-corrected chi connectivity index (χ1v) is 7.13. The van der Waals surface area contributed by atoms with Crippen molar-refractivity contribution in [2.45, 2.75) is 45.4 Å². The Morgan fingerprint density at radius 2 is 2.19 bits per heavy atom. The number of hydrogen-bond acceptors (Lipinski definition) is 6. The van der Waals surface area contributed by atoms with E-state index in [9.17, 15) is 20.3 Å². The minimum absolute atomic E-state index is 0.0126. The summed E-state index contributed by atoms with van der Waals surface area (Å²) in [6.45, 7) is 4.62. The summed E-state index contributed by atoms with van der Waals surface area (Å²) in [4.78, 5) is 10.5. The lowest BCUT2D eigenvalue weighted by molar-refractivity contribution is -0.386. The standard InChI is InChI=1S/C13H22N4O4/c1-8-13(17(20)21)9(2)16(15-8)7-12(19)6-14-5-10-3-11(18)4-10/h10-12,14,18-19H,3-7H2,1-2H3. The SMILES string of the molecule is Cc1nn(CC(O)CNCC2CC(O)C2)c(C)c1[N+](=O)[O-]. The van der Waals surface area contributed by atoms with Crippen LogP contribution >= 0.6 is 0 Å². The molecular formula is C13H22N4O4. The second kappa shape index (κ2) is 6.50. The highest BCUT2D eigenvalue weighted by molar-refractivity contribution is 5.39. The number of hydrogen-bond donors (Lipinski definition) is 3. The molecule has 1 aliphatic rings. The average molecular weight is 298 g/mol. The Hall–Kier alpha value is -1.51. The first-order chi connectivity index (χ1) is 9.88. The fourth-order valence-electron chi connectivity index (χ4n) is 2.71. The summed E-state index contributed by atoms with van der Waals surface area (Å²) in [6, 6.07) is 0. The molecule has 0 amide bonds. The van der Waals surface area contributed by atoms with Gasteiger partial charge in [-0.15, -0.1) is 0 Å². The summed E-state index contributed by atoms with van der Waals surface area (Å²) in [5.74, 6) is 0.474. The Kier molecular flexibility index (Phi) is 4.92. The van der Waals surface area contributed by atoms with Gasteiger partial charge in [0.2, 0.25) is 0 Å². The van der Waals surface area contributed by atoms with E-state index >= 15 is 0 Å². The second-order valence-corrected chi connectivity index (χ2v) is 5.76. The molecule has 0 aromatic carbocycles. The zero-order chi connectivity index (χ0) is 15.6. The number of aromatic nitrogens is 2. The Labute approximate surface area is 122 Å². The van der Waals surface area contributed by atoms with Crippen molar-refractivity contribution in [2.75, 3.05) is 13.1 Å². The maximum Gasteiger partial charge on any atom is 0.312 e. The quantitative estimate of drug-likeness (QED) is 0.487. The monoisotopic (exact) mass is 298 g/mol. The Morgan fingerprint density at radius 1 is 1.52 bits per heavy atom. The van der Waals surface area contributed by atoms with Crippen LogP contribution < -0.4 is 5.32 Å². The van der Waals surface area contributed by atoms with Crippen LogP contribution in [0.5, 0.6) is 0 Å². The minimum atomic E-state index is -0.660. The van der Waals surface area contributed by atoms with Crippen LogP contribution in [0.1, 0.15) is 24.2 Å². The highest BCUT2D eigenvalue weighted by atomic mass is 16.6. The van der Waals surface area contributed by atoms with Crippen LogP contribution in [0.2, 0.25) is 0 Å². The van der Waals surface area contributed by atoms with Crippen molar-refractivity contribution in [1.29, 1.82) is 0 Å². The predicted octanol–water partition coefficient (Wildman–Crippen LogP) is 0.130. The fourth-order valence-corrected chi connectivity index (χ4v) is 2.71. The summed E-state index contributed by atoms with van der Waals surface area (Å²) in [5, 5.41) is 37.3. The zero-order valence-electron chi connectivity index (χ0n) is 12.3. The van der Waals surface area contributed by atoms with Gasteiger partial charge in [0, 0.05) is 6.54 Å². The molecule has 0 saturated heterocycles. The first-order valence-electron chi connectivity index (χ1n) is 7.13. The summed E-state index contributed by atoms with van der Waals surface area (Å²) < 4.78 is 1.48. The third-order valence-electron chi connectivity index (χ3n) is 3.93. The molecule has 0 bridgehead atoms. The van der Waals surface area contributed by atoms with E-state index in [2.05, 4.69) is 10.4 Å². The van der Waals surface area contributed by atoms with Crippen LogP contribution in [-0.4, -0.2) is 50.2 Å². The zero-order valence-corrected chi connectivity index (χ0v) is 12.3. The Bertz CT molecular complexity index is 511. The number of rotatable bonds is 7. The average Bonchev–Trinajstić information content (AvgIpc) is 2.62. The molecule has 2 rings (SSSR count). The van der Waals surface area contributed by atoms with E-state index in [0.717, 1.165) is 19.4 Å². The summed E-state index contributed by atoms with van der Waals surface area (Å²) in [5.41, 5.74) is 0.832. The Balaban J connectivity index is 1.81. The number of nitrogens with zero attached hydrogens (tertiary/aromatic N) is 3. The van der Waals surface area contributed by atoms with Gasteiger partial charge < -0.3 is 15.5 Å². The third-order valence-corrected chi connectivity index (χ3v) is 3.93. The molecule has 1 fully saturated rings. The lowest BCUT2D eigenvalue weighted by Gasteiger charge is -2.31. The molecule has 1 saturated carbocycles. The highest BCUT2D eigenvalue weighted by Gasteiger charge is 2.27. The maximum atomic E-state index is 10.9. The van der Waals surface area contributed by atoms with Gasteiger partial charge >= 0.3 is 5.69 Å². The van der Waals surface area contributed by atoms with Crippen molar-refractivity contribution in [1.82, 2.24) is 15.1 Å². The summed E-state index contributed by atoms with van der Waals surface area (Å²) in [6.07, 6.45) is 0.795. The van der Waals surface area contributed by atoms with Gasteiger partial charge in [-0.3, -0.25) is 14.8 Å². The summed E-state index contributed by atoms with van der Waals surface area (Å²) >= 11 is 0. The molecular weight excluding hydrogens is 276 g/mol. The number of nitro groups is 1. The molecule has 3 N–H and O–H groups in total. The highest BCUT2D eigenvalue weighted by Crippen LogP contribution is 2.26. The van der Waals surface area contributed by atoms with Crippen LogP contribution in [0.25, 0.3) is 0 Å². The van der Waals surface area contributed by atoms with E-state index in [-0.39, 0.29) is 18.3 Å². The van der Waals surface area contributed by atoms with Crippen molar-refractivity contribution in [2.24, 2.45) is 5.92 Å². The van der Waals surface area contributed by atoms with Crippen molar-refractivity contribution in [3.05, 3.63) is 21.5 Å². The third kappa shape index (κ3) is 3.78. The molecule has 0 aliphatic heterocycles. The van der Waals surface area contributed by atoms with Crippen LogP contribution in [0.4, 0.5) is 5.69 Å². The summed E-state index contributed by atoms with van der Waals surface area (Å²) in [7, 11) is 0. The van der Waals surface area contributed by atoms with Gasteiger partial charge in [-0.1, -0.05) is 0 Å². The molecule has 1 unspecified atom stereocenters. The topological polar surface area (TPSA) is 113 Å². The molecule has 21 heavy (non-hydrogen) atoms. The molecule has 0 spiro atoms. The van der Waals surface area contributed by atoms with Crippen molar-refractivity contribution >= 4 is 5.69 Å². The van der Waals surface area contributed by atoms with Gasteiger partial charge in [-0.25, -0.2) is 0 Å². The van der Waals surface area contributed by atoms with E-state index in [1.807, 2.05) is 0 Å². The van der Waals surface area contributed by atoms with Gasteiger partial charge in [-0.05, 0) is 39.2 Å².